The number of nitrogens with zero attached hydrogens (tertiary/aromatic N) is 1. The minimum Gasteiger partial charge on any atom is -0.489 e. The fourth-order valence-corrected chi connectivity index (χ4v) is 2.48. The second-order valence-electron chi connectivity index (χ2n) is 4.85. The van der Waals surface area contributed by atoms with E-state index in [-0.39, 0.29) is 28.8 Å². The lowest BCUT2D eigenvalue weighted by Gasteiger charge is -2.12. The van der Waals surface area contributed by atoms with Gasteiger partial charge in [-0.3, -0.25) is 0 Å². The molecule has 0 saturated heterocycles. The first kappa shape index (κ1) is 25.5. The van der Waals surface area contributed by atoms with Crippen molar-refractivity contribution in [3.8, 4) is 11.5 Å². The van der Waals surface area contributed by atoms with Gasteiger partial charge in [0.1, 0.15) is 34.6 Å². The fraction of sp³-hybridized carbons (Fsp3) is 0.353. The third kappa shape index (κ3) is 12.1. The van der Waals surface area contributed by atoms with Crippen molar-refractivity contribution in [1.82, 2.24) is 0 Å². The zero-order valence-electron chi connectivity index (χ0n) is 14.5. The van der Waals surface area contributed by atoms with Gasteiger partial charge in [-0.1, -0.05) is 74.8 Å². The predicted octanol–water partition coefficient (Wildman–Crippen LogP) is 6.80. The molecule has 1 rings (SSSR count). The first-order valence-corrected chi connectivity index (χ1v) is 10.2. The second-order valence-corrected chi connectivity index (χ2v) is 7.68. The Labute approximate surface area is 193 Å². The van der Waals surface area contributed by atoms with Crippen molar-refractivity contribution in [1.29, 1.82) is 0 Å². The number of benzene rings is 1. The Morgan fingerprint density at radius 2 is 1.50 bits per heavy atom. The molecule has 0 fully saturated rings. The molecule has 0 aliphatic carbocycles. The fourth-order valence-electron chi connectivity index (χ4n) is 1.65. The zero-order chi connectivity index (χ0) is 20.8. The molecule has 156 valence electrons. The molecule has 11 heteroatoms. The molecule has 5 nitrogen and oxygen atoms in total. The molecule has 0 N–H and O–H groups in total. The van der Waals surface area contributed by atoms with E-state index in [1.54, 1.807) is 18.3 Å². The van der Waals surface area contributed by atoms with Crippen LogP contribution in [0.3, 0.4) is 0 Å². The molecule has 0 spiro atoms. The number of oxime groups is 1. The first-order chi connectivity index (χ1) is 13.4. The van der Waals surface area contributed by atoms with Crippen LogP contribution in [0.25, 0.3) is 0 Å². The van der Waals surface area contributed by atoms with Crippen molar-refractivity contribution >= 4 is 75.8 Å². The van der Waals surface area contributed by atoms with Crippen LogP contribution in [0.4, 0.5) is 0 Å². The van der Waals surface area contributed by atoms with Gasteiger partial charge in [0.05, 0.1) is 23.3 Å². The van der Waals surface area contributed by atoms with Crippen LogP contribution in [0, 0.1) is 0 Å². The lowest BCUT2D eigenvalue weighted by molar-refractivity contribution is 0.105. The monoisotopic (exact) mass is 509 g/mol. The highest BCUT2D eigenvalue weighted by Gasteiger charge is 2.10. The van der Waals surface area contributed by atoms with Crippen molar-refractivity contribution in [3.05, 3.63) is 43.3 Å². The number of hydrogen-bond acceptors (Lipinski definition) is 5. The summed E-state index contributed by atoms with van der Waals surface area (Å²) >= 11 is 34.2. The highest BCUT2D eigenvalue weighted by atomic mass is 35.5. The van der Waals surface area contributed by atoms with Gasteiger partial charge >= 0.3 is 0 Å². The van der Waals surface area contributed by atoms with Crippen molar-refractivity contribution in [2.75, 3.05) is 33.0 Å². The van der Waals surface area contributed by atoms with Gasteiger partial charge in [-0.25, -0.2) is 0 Å². The molecule has 1 aromatic carbocycles. The van der Waals surface area contributed by atoms with Gasteiger partial charge in [-0.05, 0) is 12.2 Å². The van der Waals surface area contributed by atoms with E-state index < -0.39 is 0 Å². The molecule has 0 atom stereocenters. The average Bonchev–Trinajstić information content (AvgIpc) is 2.61. The van der Waals surface area contributed by atoms with E-state index in [0.29, 0.717) is 41.2 Å². The Balaban J connectivity index is 2.25. The lowest BCUT2D eigenvalue weighted by Crippen LogP contribution is -2.08. The minimum atomic E-state index is 0.115. The summed E-state index contributed by atoms with van der Waals surface area (Å²) in [5.74, 6) is 0.820. The van der Waals surface area contributed by atoms with Crippen molar-refractivity contribution in [2.45, 2.75) is 6.42 Å². The van der Waals surface area contributed by atoms with Gasteiger partial charge in [0, 0.05) is 24.8 Å². The minimum absolute atomic E-state index is 0.115. The highest BCUT2D eigenvalue weighted by Crippen LogP contribution is 2.37. The van der Waals surface area contributed by atoms with Crippen LogP contribution in [0.1, 0.15) is 6.42 Å². The van der Waals surface area contributed by atoms with Crippen LogP contribution in [-0.2, 0) is 9.57 Å². The van der Waals surface area contributed by atoms with Gasteiger partial charge in [-0.15, -0.1) is 0 Å². The quantitative estimate of drug-likeness (QED) is 0.166. The summed E-state index contributed by atoms with van der Waals surface area (Å²) < 4.78 is 16.6. The molecular weight excluding hydrogens is 495 g/mol. The molecule has 0 amide bonds. The smallest absolute Gasteiger partial charge is 0.156 e. The standard InChI is InChI=1S/C17H17Cl6NO4/c18-13-10-12(26-6-2-15(20)21)11-14(19)17(13)27-9-8-25-5-1-4-24-28-7-3-16(22)23/h2-4,10-11H,1,5-9H2. The third-order valence-electron chi connectivity index (χ3n) is 2.79. The summed E-state index contributed by atoms with van der Waals surface area (Å²) in [6.07, 6.45) is 5.13. The van der Waals surface area contributed by atoms with E-state index in [2.05, 4.69) is 5.16 Å². The molecule has 0 saturated carbocycles. The molecule has 0 unspecified atom stereocenters. The van der Waals surface area contributed by atoms with Gasteiger partial charge in [0.15, 0.2) is 5.75 Å². The summed E-state index contributed by atoms with van der Waals surface area (Å²) in [7, 11) is 0. The maximum atomic E-state index is 6.17. The molecule has 0 heterocycles. The number of halogens is 6. The largest absolute Gasteiger partial charge is 0.489 e. The van der Waals surface area contributed by atoms with E-state index in [4.69, 9.17) is 88.7 Å². The van der Waals surface area contributed by atoms with Crippen LogP contribution in [0.5, 0.6) is 11.5 Å². The Morgan fingerprint density at radius 1 is 0.857 bits per heavy atom. The molecule has 1 aromatic rings. The second kappa shape index (κ2) is 15.3. The summed E-state index contributed by atoms with van der Waals surface area (Å²) in [5.41, 5.74) is 0. The van der Waals surface area contributed by atoms with Crippen LogP contribution < -0.4 is 9.47 Å². The van der Waals surface area contributed by atoms with E-state index in [0.717, 1.165) is 0 Å². The molecule has 0 radical (unpaired) electrons. The lowest BCUT2D eigenvalue weighted by atomic mass is 10.3. The van der Waals surface area contributed by atoms with Crippen LogP contribution >= 0.6 is 69.6 Å². The number of hydrogen-bond donors (Lipinski definition) is 0. The van der Waals surface area contributed by atoms with Crippen LogP contribution in [-0.4, -0.2) is 39.2 Å². The Bertz CT molecular complexity index is 665. The summed E-state index contributed by atoms with van der Waals surface area (Å²) in [4.78, 5) is 4.89. The van der Waals surface area contributed by atoms with Crippen molar-refractivity contribution < 1.29 is 19.0 Å². The van der Waals surface area contributed by atoms with Gasteiger partial charge in [-0.2, -0.15) is 0 Å². The van der Waals surface area contributed by atoms with Gasteiger partial charge in [0.2, 0.25) is 0 Å². The van der Waals surface area contributed by atoms with Gasteiger partial charge in [0.25, 0.3) is 0 Å². The third-order valence-corrected chi connectivity index (χ3v) is 3.96. The number of rotatable bonds is 13. The maximum Gasteiger partial charge on any atom is 0.156 e. The summed E-state index contributed by atoms with van der Waals surface area (Å²) in [5, 5.41) is 4.34. The topological polar surface area (TPSA) is 49.3 Å². The maximum absolute atomic E-state index is 6.17. The molecule has 0 aromatic heterocycles. The average molecular weight is 512 g/mol. The van der Waals surface area contributed by atoms with Crippen molar-refractivity contribution in [2.24, 2.45) is 5.16 Å². The highest BCUT2D eigenvalue weighted by molar-refractivity contribution is 6.56. The molecule has 0 bridgehead atoms. The Morgan fingerprint density at radius 3 is 2.14 bits per heavy atom. The van der Waals surface area contributed by atoms with E-state index in [1.807, 2.05) is 0 Å². The SMILES string of the molecule is ClC(Cl)=CCON=CCCOCCOc1c(Cl)cc(OCC=C(Cl)Cl)cc1Cl. The van der Waals surface area contributed by atoms with Crippen molar-refractivity contribution in [3.63, 3.8) is 0 Å². The predicted molar refractivity (Wildman–Crippen MR) is 117 cm³/mol. The Hall–Kier alpha value is -0.530. The molecule has 28 heavy (non-hydrogen) atoms. The molecular formula is C17H17Cl6NO4. The van der Waals surface area contributed by atoms with Crippen LogP contribution in [0.15, 0.2) is 38.4 Å². The van der Waals surface area contributed by atoms with Crippen LogP contribution in [0.2, 0.25) is 10.0 Å². The Kier molecular flexibility index (Phi) is 14.0. The van der Waals surface area contributed by atoms with Gasteiger partial charge < -0.3 is 19.0 Å². The number of ether oxygens (including phenoxy) is 3. The van der Waals surface area contributed by atoms with E-state index >= 15 is 0 Å². The molecule has 0 aliphatic rings. The summed E-state index contributed by atoms with van der Waals surface area (Å²) in [6, 6.07) is 3.17. The normalized spacial score (nSPS) is 10.6. The molecule has 0 aliphatic heterocycles. The van der Waals surface area contributed by atoms with E-state index in [9.17, 15) is 0 Å². The summed E-state index contributed by atoms with van der Waals surface area (Å²) in [6.45, 7) is 1.47. The zero-order valence-corrected chi connectivity index (χ0v) is 19.0. The first-order valence-electron chi connectivity index (χ1n) is 7.88. The van der Waals surface area contributed by atoms with E-state index in [1.165, 1.54) is 12.2 Å².